The molecule has 0 aromatic carbocycles. The highest BCUT2D eigenvalue weighted by Gasteiger charge is 2.35. The predicted molar refractivity (Wildman–Crippen MR) is 78.1 cm³/mol. The minimum atomic E-state index is 0.357. The molecule has 18 heavy (non-hydrogen) atoms. The van der Waals surface area contributed by atoms with Gasteiger partial charge in [-0.15, -0.1) is 0 Å². The minimum absolute atomic E-state index is 0.357. The van der Waals surface area contributed by atoms with Gasteiger partial charge in [0.05, 0.1) is 6.61 Å². The third-order valence-corrected chi connectivity index (χ3v) is 3.95. The maximum Gasteiger partial charge on any atom is 0.0547 e. The normalized spacial score (nSPS) is 24.0. The lowest BCUT2D eigenvalue weighted by Gasteiger charge is -2.34. The Labute approximate surface area is 113 Å². The molecule has 1 aliphatic heterocycles. The molecule has 1 fully saturated rings. The molecule has 0 saturated carbocycles. The summed E-state index contributed by atoms with van der Waals surface area (Å²) in [5.74, 6) is 0. The highest BCUT2D eigenvalue weighted by atomic mass is 16.5. The van der Waals surface area contributed by atoms with Gasteiger partial charge in [-0.05, 0) is 39.4 Å². The van der Waals surface area contributed by atoms with E-state index in [4.69, 9.17) is 4.74 Å². The van der Waals surface area contributed by atoms with Crippen molar-refractivity contribution < 1.29 is 4.74 Å². The summed E-state index contributed by atoms with van der Waals surface area (Å²) < 4.78 is 5.66. The van der Waals surface area contributed by atoms with E-state index in [1.807, 2.05) is 0 Å². The van der Waals surface area contributed by atoms with Crippen molar-refractivity contribution in [3.8, 4) is 0 Å². The second-order valence-electron chi connectivity index (χ2n) is 5.82. The van der Waals surface area contributed by atoms with E-state index in [-0.39, 0.29) is 0 Å². The van der Waals surface area contributed by atoms with Gasteiger partial charge in [0.15, 0.2) is 0 Å². The molecule has 3 nitrogen and oxygen atoms in total. The number of ether oxygens (including phenoxy) is 1. The summed E-state index contributed by atoms with van der Waals surface area (Å²) >= 11 is 0. The Morgan fingerprint density at radius 2 is 1.83 bits per heavy atom. The molecule has 1 saturated heterocycles. The zero-order valence-corrected chi connectivity index (χ0v) is 12.6. The van der Waals surface area contributed by atoms with Crippen LogP contribution in [-0.4, -0.2) is 51.3 Å². The molecule has 0 aromatic heterocycles. The number of hydrogen-bond donors (Lipinski definition) is 1. The Bertz CT molecular complexity index is 195. The zero-order chi connectivity index (χ0) is 13.3. The first-order chi connectivity index (χ1) is 8.76. The average Bonchev–Trinajstić information content (AvgIpc) is 2.82. The van der Waals surface area contributed by atoms with Crippen LogP contribution in [0.5, 0.6) is 0 Å². The van der Waals surface area contributed by atoms with Crippen molar-refractivity contribution in [2.24, 2.45) is 5.41 Å². The van der Waals surface area contributed by atoms with E-state index >= 15 is 0 Å². The van der Waals surface area contributed by atoms with Crippen LogP contribution in [0.2, 0.25) is 0 Å². The van der Waals surface area contributed by atoms with E-state index in [2.05, 4.69) is 31.1 Å². The molecule has 3 heteroatoms. The van der Waals surface area contributed by atoms with Crippen molar-refractivity contribution in [1.29, 1.82) is 0 Å². The van der Waals surface area contributed by atoms with Crippen LogP contribution in [0.3, 0.4) is 0 Å². The number of hydrogen-bond acceptors (Lipinski definition) is 3. The molecule has 1 atom stereocenters. The van der Waals surface area contributed by atoms with Gasteiger partial charge in [-0.3, -0.25) is 0 Å². The van der Waals surface area contributed by atoms with Crippen molar-refractivity contribution in [3.05, 3.63) is 0 Å². The first-order valence-electron chi connectivity index (χ1n) is 7.71. The molecule has 1 N–H and O–H groups in total. The molecule has 0 radical (unpaired) electrons. The van der Waals surface area contributed by atoms with Crippen molar-refractivity contribution in [3.63, 3.8) is 0 Å². The van der Waals surface area contributed by atoms with Crippen LogP contribution in [0.4, 0.5) is 0 Å². The molecule has 0 aromatic rings. The fourth-order valence-electron chi connectivity index (χ4n) is 2.85. The summed E-state index contributed by atoms with van der Waals surface area (Å²) in [7, 11) is 2.06. The Hall–Kier alpha value is -0.120. The van der Waals surface area contributed by atoms with E-state index in [0.29, 0.717) is 5.41 Å². The first kappa shape index (κ1) is 15.9. The molecule has 0 bridgehead atoms. The van der Waals surface area contributed by atoms with E-state index in [9.17, 15) is 0 Å². The highest BCUT2D eigenvalue weighted by molar-refractivity contribution is 4.88. The third-order valence-electron chi connectivity index (χ3n) is 3.95. The fourth-order valence-corrected chi connectivity index (χ4v) is 2.85. The van der Waals surface area contributed by atoms with Gasteiger partial charge >= 0.3 is 0 Å². The van der Waals surface area contributed by atoms with Gasteiger partial charge in [0.2, 0.25) is 0 Å². The Morgan fingerprint density at radius 1 is 1.17 bits per heavy atom. The predicted octanol–water partition coefficient (Wildman–Crippen LogP) is 2.51. The van der Waals surface area contributed by atoms with Crippen LogP contribution in [0.1, 0.15) is 46.0 Å². The van der Waals surface area contributed by atoms with Crippen molar-refractivity contribution in [2.45, 2.75) is 46.0 Å². The Kier molecular flexibility index (Phi) is 7.87. The minimum Gasteiger partial charge on any atom is -0.381 e. The third kappa shape index (κ3) is 5.25. The number of nitrogens with zero attached hydrogens (tertiary/aromatic N) is 1. The van der Waals surface area contributed by atoms with Gasteiger partial charge in [0.1, 0.15) is 0 Å². The summed E-state index contributed by atoms with van der Waals surface area (Å²) in [4.78, 5) is 2.67. The quantitative estimate of drug-likeness (QED) is 0.650. The van der Waals surface area contributed by atoms with Gasteiger partial charge in [-0.25, -0.2) is 0 Å². The van der Waals surface area contributed by atoms with E-state index in [1.165, 1.54) is 51.7 Å². The molecule has 108 valence electrons. The van der Waals surface area contributed by atoms with Crippen molar-refractivity contribution >= 4 is 0 Å². The molecule has 0 aliphatic carbocycles. The number of rotatable bonds is 10. The molecule has 0 amide bonds. The largest absolute Gasteiger partial charge is 0.381 e. The van der Waals surface area contributed by atoms with Crippen LogP contribution in [-0.2, 0) is 4.74 Å². The Balaban J connectivity index is 2.49. The van der Waals surface area contributed by atoms with Crippen molar-refractivity contribution in [2.75, 3.05) is 46.4 Å². The lowest BCUT2D eigenvalue weighted by molar-refractivity contribution is 0.108. The lowest BCUT2D eigenvalue weighted by atomic mass is 9.86. The summed E-state index contributed by atoms with van der Waals surface area (Å²) in [6.45, 7) is 11.2. The highest BCUT2D eigenvalue weighted by Crippen LogP contribution is 2.29. The van der Waals surface area contributed by atoms with E-state index < -0.39 is 0 Å². The molecule has 1 rings (SSSR count). The first-order valence-corrected chi connectivity index (χ1v) is 7.71. The van der Waals surface area contributed by atoms with Crippen LogP contribution in [0, 0.1) is 5.41 Å². The maximum absolute atomic E-state index is 5.66. The van der Waals surface area contributed by atoms with E-state index in [0.717, 1.165) is 19.8 Å². The van der Waals surface area contributed by atoms with Gasteiger partial charge in [-0.2, -0.15) is 0 Å². The zero-order valence-electron chi connectivity index (χ0n) is 12.6. The summed E-state index contributed by atoms with van der Waals surface area (Å²) in [6.07, 6.45) is 6.43. The van der Waals surface area contributed by atoms with Crippen LogP contribution < -0.4 is 5.32 Å². The van der Waals surface area contributed by atoms with Crippen LogP contribution in [0.25, 0.3) is 0 Å². The second-order valence-corrected chi connectivity index (χ2v) is 5.82. The Morgan fingerprint density at radius 3 is 2.28 bits per heavy atom. The summed E-state index contributed by atoms with van der Waals surface area (Å²) in [5, 5.41) is 3.36. The topological polar surface area (TPSA) is 24.5 Å². The SMILES string of the molecule is CCCCN(CCCC)CC1(CNC)CCOC1. The molecular formula is C15H32N2O. The lowest BCUT2D eigenvalue weighted by Crippen LogP contribution is -2.44. The molecule has 0 spiro atoms. The van der Waals surface area contributed by atoms with Gasteiger partial charge in [0.25, 0.3) is 0 Å². The van der Waals surface area contributed by atoms with Crippen LogP contribution >= 0.6 is 0 Å². The number of unbranched alkanes of at least 4 members (excludes halogenated alkanes) is 2. The van der Waals surface area contributed by atoms with Gasteiger partial charge in [0, 0.05) is 25.1 Å². The standard InChI is InChI=1S/C15H32N2O/c1-4-6-9-17(10-7-5-2)13-15(12-16-3)8-11-18-14-15/h16H,4-14H2,1-3H3. The van der Waals surface area contributed by atoms with Crippen molar-refractivity contribution in [1.82, 2.24) is 10.2 Å². The smallest absolute Gasteiger partial charge is 0.0547 e. The molecular weight excluding hydrogens is 224 g/mol. The van der Waals surface area contributed by atoms with Crippen LogP contribution in [0.15, 0.2) is 0 Å². The molecule has 1 unspecified atom stereocenters. The van der Waals surface area contributed by atoms with Gasteiger partial charge < -0.3 is 15.0 Å². The monoisotopic (exact) mass is 256 g/mol. The molecule has 1 aliphatic rings. The summed E-state index contributed by atoms with van der Waals surface area (Å²) in [6, 6.07) is 0. The number of nitrogens with one attached hydrogen (secondary N) is 1. The maximum atomic E-state index is 5.66. The van der Waals surface area contributed by atoms with E-state index in [1.54, 1.807) is 0 Å². The average molecular weight is 256 g/mol. The molecule has 1 heterocycles. The fraction of sp³-hybridized carbons (Fsp3) is 1.00. The second kappa shape index (κ2) is 8.89. The summed E-state index contributed by atoms with van der Waals surface area (Å²) in [5.41, 5.74) is 0.357. The van der Waals surface area contributed by atoms with Gasteiger partial charge in [-0.1, -0.05) is 26.7 Å².